The Morgan fingerprint density at radius 3 is 2.53 bits per heavy atom. The van der Waals surface area contributed by atoms with Crippen LogP contribution in [0, 0.1) is 19.9 Å². The number of hydrogen-bond acceptors (Lipinski definition) is 2. The van der Waals surface area contributed by atoms with Crippen molar-refractivity contribution in [3.8, 4) is 0 Å². The molecule has 2 heteroatoms. The summed E-state index contributed by atoms with van der Waals surface area (Å²) in [6.07, 6.45) is 2.66. The lowest BCUT2D eigenvalue weighted by Crippen LogP contribution is -2.38. The molecule has 0 unspecified atom stereocenters. The van der Waals surface area contributed by atoms with Crippen molar-refractivity contribution in [1.82, 2.24) is 10.2 Å². The molecule has 93 valence electrons. The van der Waals surface area contributed by atoms with Crippen molar-refractivity contribution in [2.45, 2.75) is 33.2 Å². The van der Waals surface area contributed by atoms with E-state index < -0.39 is 0 Å². The van der Waals surface area contributed by atoms with E-state index in [9.17, 15) is 0 Å². The maximum Gasteiger partial charge on any atom is 0.0210 e. The number of benzene rings is 1. The predicted octanol–water partition coefficient (Wildman–Crippen LogP) is 2.29. The van der Waals surface area contributed by atoms with Crippen LogP contribution in [-0.2, 0) is 6.54 Å². The Morgan fingerprint density at radius 1 is 1.24 bits per heavy atom. The SMILES string of the molecule is Cc1c[c]cc(C)c1CNCCCN1CCC1. The van der Waals surface area contributed by atoms with Gasteiger partial charge in [0.15, 0.2) is 0 Å². The fourth-order valence-corrected chi connectivity index (χ4v) is 2.30. The molecule has 0 amide bonds. The molecule has 1 aromatic carbocycles. The van der Waals surface area contributed by atoms with Crippen molar-refractivity contribution in [1.29, 1.82) is 0 Å². The van der Waals surface area contributed by atoms with Crippen LogP contribution < -0.4 is 5.32 Å². The summed E-state index contributed by atoms with van der Waals surface area (Å²) in [6, 6.07) is 7.31. The Bertz CT molecular complexity index is 336. The van der Waals surface area contributed by atoms with Gasteiger partial charge in [-0.1, -0.05) is 12.1 Å². The second-order valence-electron chi connectivity index (χ2n) is 5.03. The highest BCUT2D eigenvalue weighted by atomic mass is 15.2. The van der Waals surface area contributed by atoms with E-state index in [1.165, 1.54) is 49.2 Å². The third-order valence-corrected chi connectivity index (χ3v) is 3.63. The standard InChI is InChI=1S/C15H23N2/c1-13-6-3-7-14(2)15(13)12-16-8-4-9-17-10-5-11-17/h6-7,16H,4-5,8-12H2,1-2H3. The predicted molar refractivity (Wildman–Crippen MR) is 72.1 cm³/mol. The Labute approximate surface area is 105 Å². The van der Waals surface area contributed by atoms with Crippen molar-refractivity contribution in [3.63, 3.8) is 0 Å². The van der Waals surface area contributed by atoms with Crippen LogP contribution in [0.25, 0.3) is 0 Å². The Hall–Kier alpha value is -0.860. The zero-order valence-electron chi connectivity index (χ0n) is 11.1. The van der Waals surface area contributed by atoms with Gasteiger partial charge >= 0.3 is 0 Å². The van der Waals surface area contributed by atoms with Crippen LogP contribution in [0.3, 0.4) is 0 Å². The summed E-state index contributed by atoms with van der Waals surface area (Å²) in [5.74, 6) is 0. The third kappa shape index (κ3) is 3.55. The van der Waals surface area contributed by atoms with Crippen molar-refractivity contribution in [2.75, 3.05) is 26.2 Å². The first-order valence-corrected chi connectivity index (χ1v) is 6.66. The Kier molecular flexibility index (Phi) is 4.57. The molecule has 2 rings (SSSR count). The molecule has 1 fully saturated rings. The van der Waals surface area contributed by atoms with Crippen LogP contribution in [0.5, 0.6) is 0 Å². The van der Waals surface area contributed by atoms with Gasteiger partial charge < -0.3 is 10.2 Å². The zero-order valence-corrected chi connectivity index (χ0v) is 11.1. The summed E-state index contributed by atoms with van der Waals surface area (Å²) in [5, 5.41) is 3.55. The first-order valence-electron chi connectivity index (χ1n) is 6.66. The zero-order chi connectivity index (χ0) is 12.1. The molecular formula is C15H23N2. The second-order valence-corrected chi connectivity index (χ2v) is 5.03. The van der Waals surface area contributed by atoms with Crippen molar-refractivity contribution < 1.29 is 0 Å². The fraction of sp³-hybridized carbons (Fsp3) is 0.600. The molecule has 0 saturated carbocycles. The first-order chi connectivity index (χ1) is 8.27. The molecule has 0 bridgehead atoms. The van der Waals surface area contributed by atoms with Crippen LogP contribution in [0.1, 0.15) is 29.5 Å². The molecule has 0 atom stereocenters. The van der Waals surface area contributed by atoms with Crippen LogP contribution >= 0.6 is 0 Å². The summed E-state index contributed by atoms with van der Waals surface area (Å²) < 4.78 is 0. The van der Waals surface area contributed by atoms with E-state index in [0.717, 1.165) is 13.1 Å². The third-order valence-electron chi connectivity index (χ3n) is 3.63. The molecule has 0 spiro atoms. The molecule has 1 radical (unpaired) electrons. The topological polar surface area (TPSA) is 15.3 Å². The van der Waals surface area contributed by atoms with E-state index in [-0.39, 0.29) is 0 Å². The van der Waals surface area contributed by atoms with Gasteiger partial charge in [0, 0.05) is 6.54 Å². The molecule has 2 nitrogen and oxygen atoms in total. The van der Waals surface area contributed by atoms with E-state index in [4.69, 9.17) is 0 Å². The van der Waals surface area contributed by atoms with Crippen LogP contribution in [0.2, 0.25) is 0 Å². The maximum atomic E-state index is 3.55. The van der Waals surface area contributed by atoms with Gasteiger partial charge in [0.25, 0.3) is 0 Å². The molecular weight excluding hydrogens is 208 g/mol. The molecule has 1 aliphatic heterocycles. The van der Waals surface area contributed by atoms with Gasteiger partial charge in [-0.2, -0.15) is 0 Å². The Balaban J connectivity index is 1.66. The smallest absolute Gasteiger partial charge is 0.0210 e. The second kappa shape index (κ2) is 6.18. The number of nitrogens with zero attached hydrogens (tertiary/aromatic N) is 1. The van der Waals surface area contributed by atoms with Crippen molar-refractivity contribution in [3.05, 3.63) is 34.9 Å². The largest absolute Gasteiger partial charge is 0.313 e. The summed E-state index contributed by atoms with van der Waals surface area (Å²) in [7, 11) is 0. The van der Waals surface area contributed by atoms with E-state index in [1.54, 1.807) is 0 Å². The highest BCUT2D eigenvalue weighted by Gasteiger charge is 2.11. The minimum Gasteiger partial charge on any atom is -0.313 e. The summed E-state index contributed by atoms with van der Waals surface area (Å²) in [4.78, 5) is 2.52. The lowest BCUT2D eigenvalue weighted by molar-refractivity contribution is 0.179. The summed E-state index contributed by atoms with van der Waals surface area (Å²) in [5.41, 5.74) is 4.13. The maximum absolute atomic E-state index is 3.55. The van der Waals surface area contributed by atoms with Crippen molar-refractivity contribution in [2.24, 2.45) is 0 Å². The van der Waals surface area contributed by atoms with Gasteiger partial charge in [0.1, 0.15) is 0 Å². The lowest BCUT2D eigenvalue weighted by Gasteiger charge is -2.30. The van der Waals surface area contributed by atoms with Crippen LogP contribution in [0.4, 0.5) is 0 Å². The first kappa shape index (κ1) is 12.6. The number of rotatable bonds is 6. The fourth-order valence-electron chi connectivity index (χ4n) is 2.30. The van der Waals surface area contributed by atoms with Crippen LogP contribution in [0.15, 0.2) is 12.1 Å². The molecule has 0 aromatic heterocycles. The van der Waals surface area contributed by atoms with Gasteiger partial charge in [-0.25, -0.2) is 0 Å². The number of aryl methyl sites for hydroxylation is 2. The number of nitrogens with one attached hydrogen (secondary N) is 1. The lowest BCUT2D eigenvalue weighted by atomic mass is 10.0. The number of likely N-dealkylation sites (tertiary alicyclic amines) is 1. The molecule has 0 aliphatic carbocycles. The Morgan fingerprint density at radius 2 is 1.94 bits per heavy atom. The summed E-state index contributed by atoms with van der Waals surface area (Å²) >= 11 is 0. The number of hydrogen-bond donors (Lipinski definition) is 1. The van der Waals surface area contributed by atoms with Crippen LogP contribution in [-0.4, -0.2) is 31.1 Å². The van der Waals surface area contributed by atoms with Gasteiger partial charge in [-0.3, -0.25) is 0 Å². The molecule has 1 saturated heterocycles. The minimum atomic E-state index is 0.992. The minimum absolute atomic E-state index is 0.992. The molecule has 1 aliphatic rings. The average Bonchev–Trinajstić information content (AvgIpc) is 2.24. The van der Waals surface area contributed by atoms with Gasteiger partial charge in [-0.05, 0) is 75.6 Å². The summed E-state index contributed by atoms with van der Waals surface area (Å²) in [6.45, 7) is 10.3. The highest BCUT2D eigenvalue weighted by molar-refractivity contribution is 5.32. The quantitative estimate of drug-likeness (QED) is 0.756. The van der Waals surface area contributed by atoms with Gasteiger partial charge in [0.05, 0.1) is 0 Å². The van der Waals surface area contributed by atoms with Crippen molar-refractivity contribution >= 4 is 0 Å². The molecule has 1 heterocycles. The molecule has 1 N–H and O–H groups in total. The van der Waals surface area contributed by atoms with Gasteiger partial charge in [-0.15, -0.1) is 0 Å². The average molecular weight is 231 g/mol. The van der Waals surface area contributed by atoms with E-state index in [1.807, 2.05) is 0 Å². The van der Waals surface area contributed by atoms with Gasteiger partial charge in [0.2, 0.25) is 0 Å². The normalized spacial score (nSPS) is 15.9. The monoisotopic (exact) mass is 231 g/mol. The molecule has 1 aromatic rings. The highest BCUT2D eigenvalue weighted by Crippen LogP contribution is 2.12. The van der Waals surface area contributed by atoms with E-state index in [0.29, 0.717) is 0 Å². The van der Waals surface area contributed by atoms with E-state index in [2.05, 4.69) is 42.3 Å². The van der Waals surface area contributed by atoms with E-state index >= 15 is 0 Å². The molecule has 17 heavy (non-hydrogen) atoms.